The van der Waals surface area contributed by atoms with Crippen molar-refractivity contribution in [3.63, 3.8) is 0 Å². The van der Waals surface area contributed by atoms with E-state index in [4.69, 9.17) is 10.5 Å². The van der Waals surface area contributed by atoms with Gasteiger partial charge in [-0.05, 0) is 25.8 Å². The van der Waals surface area contributed by atoms with Gasteiger partial charge in [-0.15, -0.1) is 0 Å². The minimum absolute atomic E-state index is 0.0995. The molecule has 3 heteroatoms. The zero-order chi connectivity index (χ0) is 9.94. The monoisotopic (exact) mass is 186 g/mol. The van der Waals surface area contributed by atoms with E-state index in [2.05, 4.69) is 6.92 Å². The molecule has 0 aliphatic carbocycles. The summed E-state index contributed by atoms with van der Waals surface area (Å²) in [4.78, 5) is 11.0. The molecule has 0 fully saturated rings. The SMILES string of the molecule is [CH2]CCCCOC(=O)CCCCN. The van der Waals surface area contributed by atoms with Crippen molar-refractivity contribution in [1.82, 2.24) is 0 Å². The van der Waals surface area contributed by atoms with Crippen LogP contribution in [0, 0.1) is 6.92 Å². The molecule has 0 saturated carbocycles. The summed E-state index contributed by atoms with van der Waals surface area (Å²) in [6.45, 7) is 4.89. The first-order valence-electron chi connectivity index (χ1n) is 4.96. The zero-order valence-corrected chi connectivity index (χ0v) is 8.26. The molecule has 0 saturated heterocycles. The number of ether oxygens (including phenoxy) is 1. The minimum atomic E-state index is -0.0995. The maximum absolute atomic E-state index is 11.0. The molecule has 0 aliphatic rings. The molecule has 0 unspecified atom stereocenters. The van der Waals surface area contributed by atoms with Crippen LogP contribution in [-0.2, 0) is 9.53 Å². The van der Waals surface area contributed by atoms with Crippen LogP contribution in [0.15, 0.2) is 0 Å². The molecule has 0 aromatic rings. The number of hydrogen-bond acceptors (Lipinski definition) is 3. The summed E-state index contributed by atoms with van der Waals surface area (Å²) in [5.41, 5.74) is 5.30. The Balaban J connectivity index is 3.11. The Hall–Kier alpha value is -0.570. The van der Waals surface area contributed by atoms with Crippen molar-refractivity contribution < 1.29 is 9.53 Å². The molecule has 0 rings (SSSR count). The first-order chi connectivity index (χ1) is 6.31. The fraction of sp³-hybridized carbons (Fsp3) is 0.800. The summed E-state index contributed by atoms with van der Waals surface area (Å²) >= 11 is 0. The van der Waals surface area contributed by atoms with Gasteiger partial charge in [-0.2, -0.15) is 0 Å². The van der Waals surface area contributed by atoms with Crippen molar-refractivity contribution in [3.8, 4) is 0 Å². The summed E-state index contributed by atoms with van der Waals surface area (Å²) in [5, 5.41) is 0. The molecular weight excluding hydrogens is 166 g/mol. The summed E-state index contributed by atoms with van der Waals surface area (Å²) < 4.78 is 4.98. The van der Waals surface area contributed by atoms with Gasteiger partial charge in [0.15, 0.2) is 0 Å². The average Bonchev–Trinajstić information content (AvgIpc) is 2.13. The zero-order valence-electron chi connectivity index (χ0n) is 8.26. The predicted molar refractivity (Wildman–Crippen MR) is 53.1 cm³/mol. The fourth-order valence-corrected chi connectivity index (χ4v) is 0.951. The highest BCUT2D eigenvalue weighted by Gasteiger charge is 2.00. The van der Waals surface area contributed by atoms with Crippen LogP contribution >= 0.6 is 0 Å². The summed E-state index contributed by atoms with van der Waals surface area (Å²) in [6.07, 6.45) is 5.09. The highest BCUT2D eigenvalue weighted by molar-refractivity contribution is 5.69. The van der Waals surface area contributed by atoms with Gasteiger partial charge in [0.05, 0.1) is 6.61 Å². The van der Waals surface area contributed by atoms with Crippen molar-refractivity contribution in [2.24, 2.45) is 5.73 Å². The van der Waals surface area contributed by atoms with Crippen molar-refractivity contribution >= 4 is 5.97 Å². The van der Waals surface area contributed by atoms with E-state index in [1.54, 1.807) is 0 Å². The molecule has 0 aromatic heterocycles. The van der Waals surface area contributed by atoms with E-state index >= 15 is 0 Å². The van der Waals surface area contributed by atoms with Crippen LogP contribution in [0.5, 0.6) is 0 Å². The predicted octanol–water partition coefficient (Wildman–Crippen LogP) is 1.66. The van der Waals surface area contributed by atoms with Crippen LogP contribution in [0.3, 0.4) is 0 Å². The van der Waals surface area contributed by atoms with E-state index in [9.17, 15) is 4.79 Å². The Kier molecular flexibility index (Phi) is 9.10. The number of hydrogen-bond donors (Lipinski definition) is 1. The lowest BCUT2D eigenvalue weighted by Gasteiger charge is -2.03. The van der Waals surface area contributed by atoms with Gasteiger partial charge in [0.2, 0.25) is 0 Å². The van der Waals surface area contributed by atoms with Crippen molar-refractivity contribution in [1.29, 1.82) is 0 Å². The molecule has 3 nitrogen and oxygen atoms in total. The number of esters is 1. The second-order valence-electron chi connectivity index (χ2n) is 3.03. The molecule has 0 heterocycles. The summed E-state index contributed by atoms with van der Waals surface area (Å²) in [7, 11) is 0. The minimum Gasteiger partial charge on any atom is -0.466 e. The molecule has 0 amide bonds. The lowest BCUT2D eigenvalue weighted by atomic mass is 10.2. The van der Waals surface area contributed by atoms with Crippen LogP contribution in [0.25, 0.3) is 0 Å². The number of carbonyl (C=O) groups is 1. The van der Waals surface area contributed by atoms with Gasteiger partial charge in [-0.3, -0.25) is 4.79 Å². The van der Waals surface area contributed by atoms with E-state index in [0.717, 1.165) is 32.1 Å². The maximum atomic E-state index is 11.0. The van der Waals surface area contributed by atoms with Crippen LogP contribution in [0.1, 0.15) is 38.5 Å². The highest BCUT2D eigenvalue weighted by atomic mass is 16.5. The van der Waals surface area contributed by atoms with E-state index in [-0.39, 0.29) is 5.97 Å². The first kappa shape index (κ1) is 12.4. The molecule has 0 atom stereocenters. The second-order valence-corrected chi connectivity index (χ2v) is 3.03. The summed E-state index contributed by atoms with van der Waals surface area (Å²) in [5.74, 6) is -0.0995. The first-order valence-corrected chi connectivity index (χ1v) is 4.96. The maximum Gasteiger partial charge on any atom is 0.305 e. The Morgan fingerprint density at radius 1 is 1.23 bits per heavy atom. The van der Waals surface area contributed by atoms with Gasteiger partial charge in [-0.25, -0.2) is 0 Å². The second kappa shape index (κ2) is 9.52. The van der Waals surface area contributed by atoms with Gasteiger partial charge in [-0.1, -0.05) is 19.8 Å². The van der Waals surface area contributed by atoms with Gasteiger partial charge in [0.1, 0.15) is 0 Å². The fourth-order valence-electron chi connectivity index (χ4n) is 0.951. The summed E-state index contributed by atoms with van der Waals surface area (Å²) in [6, 6.07) is 0. The van der Waals surface area contributed by atoms with E-state index in [0.29, 0.717) is 19.6 Å². The van der Waals surface area contributed by atoms with Gasteiger partial charge < -0.3 is 10.5 Å². The Labute approximate surface area is 80.6 Å². The Morgan fingerprint density at radius 3 is 2.62 bits per heavy atom. The molecule has 0 spiro atoms. The lowest BCUT2D eigenvalue weighted by Crippen LogP contribution is -2.07. The number of unbranched alkanes of at least 4 members (excludes halogenated alkanes) is 3. The molecule has 0 aliphatic heterocycles. The third-order valence-corrected chi connectivity index (χ3v) is 1.74. The number of nitrogens with two attached hydrogens (primary N) is 1. The molecule has 1 radical (unpaired) electrons. The third-order valence-electron chi connectivity index (χ3n) is 1.74. The number of rotatable bonds is 8. The van der Waals surface area contributed by atoms with Crippen molar-refractivity contribution in [2.75, 3.05) is 13.2 Å². The average molecular weight is 186 g/mol. The molecule has 13 heavy (non-hydrogen) atoms. The molecular formula is C10H20NO2. The van der Waals surface area contributed by atoms with Crippen LogP contribution in [0.2, 0.25) is 0 Å². The Morgan fingerprint density at radius 2 is 2.00 bits per heavy atom. The number of carbonyl (C=O) groups excluding carboxylic acids is 1. The van der Waals surface area contributed by atoms with Crippen LogP contribution in [-0.4, -0.2) is 19.1 Å². The smallest absolute Gasteiger partial charge is 0.305 e. The quantitative estimate of drug-likeness (QED) is 0.463. The Bertz CT molecular complexity index is 126. The largest absolute Gasteiger partial charge is 0.466 e. The molecule has 0 bridgehead atoms. The highest BCUT2D eigenvalue weighted by Crippen LogP contribution is 1.99. The van der Waals surface area contributed by atoms with Crippen molar-refractivity contribution in [3.05, 3.63) is 6.92 Å². The van der Waals surface area contributed by atoms with Gasteiger partial charge in [0.25, 0.3) is 0 Å². The molecule has 2 N–H and O–H groups in total. The van der Waals surface area contributed by atoms with E-state index < -0.39 is 0 Å². The lowest BCUT2D eigenvalue weighted by molar-refractivity contribution is -0.143. The normalized spacial score (nSPS) is 10.0. The van der Waals surface area contributed by atoms with Gasteiger partial charge >= 0.3 is 5.97 Å². The van der Waals surface area contributed by atoms with Gasteiger partial charge in [0, 0.05) is 6.42 Å². The van der Waals surface area contributed by atoms with Crippen LogP contribution in [0.4, 0.5) is 0 Å². The standard InChI is InChI=1S/C10H20NO2/c1-2-3-6-9-13-10(12)7-4-5-8-11/h1-9,11H2. The molecule has 0 aromatic carbocycles. The van der Waals surface area contributed by atoms with Crippen LogP contribution < -0.4 is 5.73 Å². The van der Waals surface area contributed by atoms with Crippen molar-refractivity contribution in [2.45, 2.75) is 38.5 Å². The topological polar surface area (TPSA) is 52.3 Å². The van der Waals surface area contributed by atoms with E-state index in [1.165, 1.54) is 0 Å². The molecule has 77 valence electrons. The van der Waals surface area contributed by atoms with E-state index in [1.807, 2.05) is 0 Å². The third kappa shape index (κ3) is 9.34.